The van der Waals surface area contributed by atoms with E-state index in [-0.39, 0.29) is 24.3 Å². The van der Waals surface area contributed by atoms with Crippen LogP contribution in [0.2, 0.25) is 0 Å². The molecule has 2 amide bonds. The maximum atomic E-state index is 13.2. The predicted molar refractivity (Wildman–Crippen MR) is 135 cm³/mol. The Morgan fingerprint density at radius 1 is 1.09 bits per heavy atom. The third kappa shape index (κ3) is 5.84. The van der Waals surface area contributed by atoms with E-state index in [1.807, 2.05) is 75.4 Å². The lowest BCUT2D eigenvalue weighted by Crippen LogP contribution is -2.41. The molecular weight excluding hydrogens is 428 g/mol. The zero-order valence-corrected chi connectivity index (χ0v) is 20.7. The van der Waals surface area contributed by atoms with Crippen molar-refractivity contribution in [2.75, 3.05) is 25.5 Å². The number of nitrogens with one attached hydrogen (secondary N) is 1. The molecule has 0 fully saturated rings. The highest BCUT2D eigenvalue weighted by atomic mass is 16.5. The average Bonchev–Trinajstić information content (AvgIpc) is 3.17. The van der Waals surface area contributed by atoms with Gasteiger partial charge in [-0.2, -0.15) is 5.10 Å². The summed E-state index contributed by atoms with van der Waals surface area (Å²) in [5, 5.41) is 7.80. The number of aryl methyl sites for hydroxylation is 1. The molecule has 34 heavy (non-hydrogen) atoms. The molecule has 0 aliphatic rings. The second kappa shape index (κ2) is 11.5. The first-order valence-electron chi connectivity index (χ1n) is 11.7. The molecular formula is C27H34N4O3. The number of carbonyl (C=O) groups is 2. The number of hydrogen-bond acceptors (Lipinski definition) is 4. The summed E-state index contributed by atoms with van der Waals surface area (Å²) >= 11 is 0. The Morgan fingerprint density at radius 2 is 1.76 bits per heavy atom. The number of methoxy groups -OCH3 is 1. The van der Waals surface area contributed by atoms with Crippen LogP contribution in [0.1, 0.15) is 39.3 Å². The highest BCUT2D eigenvalue weighted by Crippen LogP contribution is 2.33. The highest BCUT2D eigenvalue weighted by Gasteiger charge is 2.23. The highest BCUT2D eigenvalue weighted by molar-refractivity contribution is 5.98. The minimum Gasteiger partial charge on any atom is -0.497 e. The van der Waals surface area contributed by atoms with Crippen molar-refractivity contribution in [2.24, 2.45) is 5.92 Å². The molecule has 3 aromatic rings. The second-order valence-corrected chi connectivity index (χ2v) is 8.60. The molecule has 180 valence electrons. The van der Waals surface area contributed by atoms with Gasteiger partial charge in [-0.15, -0.1) is 0 Å². The maximum Gasteiger partial charge on any atom is 0.245 e. The topological polar surface area (TPSA) is 76.5 Å². The summed E-state index contributed by atoms with van der Waals surface area (Å²) in [6.45, 7) is 8.26. The van der Waals surface area contributed by atoms with Crippen LogP contribution in [0.5, 0.6) is 5.75 Å². The van der Waals surface area contributed by atoms with Gasteiger partial charge in [0.1, 0.15) is 11.6 Å². The van der Waals surface area contributed by atoms with E-state index in [2.05, 4.69) is 12.2 Å². The lowest BCUT2D eigenvalue weighted by Gasteiger charge is -2.24. The number of benzene rings is 2. The summed E-state index contributed by atoms with van der Waals surface area (Å²) < 4.78 is 7.01. The SMILES string of the molecule is CCCCN(CC(=O)Nc1c(-c2ccccc2)c(C)nn1-c1ccc(OC)cc1)C(=O)C(C)C. The Hall–Kier alpha value is -3.61. The van der Waals surface area contributed by atoms with Crippen molar-refractivity contribution < 1.29 is 14.3 Å². The fourth-order valence-corrected chi connectivity index (χ4v) is 3.83. The summed E-state index contributed by atoms with van der Waals surface area (Å²) in [5.74, 6) is 0.867. The lowest BCUT2D eigenvalue weighted by molar-refractivity contribution is -0.137. The molecule has 7 nitrogen and oxygen atoms in total. The number of unbranched alkanes of at least 4 members (excludes halogenated alkanes) is 1. The summed E-state index contributed by atoms with van der Waals surface area (Å²) in [7, 11) is 1.62. The number of anilines is 1. The normalized spacial score (nSPS) is 10.9. The molecule has 3 rings (SSSR count). The monoisotopic (exact) mass is 462 g/mol. The minimum absolute atomic E-state index is 0.00190. The van der Waals surface area contributed by atoms with Crippen LogP contribution < -0.4 is 10.1 Å². The second-order valence-electron chi connectivity index (χ2n) is 8.60. The molecule has 1 heterocycles. The summed E-state index contributed by atoms with van der Waals surface area (Å²) in [6, 6.07) is 17.4. The molecule has 7 heteroatoms. The molecule has 0 radical (unpaired) electrons. The van der Waals surface area contributed by atoms with E-state index >= 15 is 0 Å². The average molecular weight is 463 g/mol. The Morgan fingerprint density at radius 3 is 2.35 bits per heavy atom. The van der Waals surface area contributed by atoms with Crippen molar-refractivity contribution in [1.82, 2.24) is 14.7 Å². The van der Waals surface area contributed by atoms with E-state index < -0.39 is 0 Å². The van der Waals surface area contributed by atoms with Crippen LogP contribution in [0.3, 0.4) is 0 Å². The van der Waals surface area contributed by atoms with Gasteiger partial charge in [0.2, 0.25) is 11.8 Å². The number of rotatable bonds is 10. The molecule has 0 spiro atoms. The molecule has 1 aromatic heterocycles. The zero-order chi connectivity index (χ0) is 24.7. The fraction of sp³-hybridized carbons (Fsp3) is 0.370. The van der Waals surface area contributed by atoms with Gasteiger partial charge >= 0.3 is 0 Å². The van der Waals surface area contributed by atoms with Crippen molar-refractivity contribution in [3.8, 4) is 22.6 Å². The predicted octanol–water partition coefficient (Wildman–Crippen LogP) is 5.08. The number of hydrogen-bond donors (Lipinski definition) is 1. The smallest absolute Gasteiger partial charge is 0.245 e. The van der Waals surface area contributed by atoms with Crippen LogP contribution in [0.4, 0.5) is 5.82 Å². The van der Waals surface area contributed by atoms with E-state index in [9.17, 15) is 9.59 Å². The zero-order valence-electron chi connectivity index (χ0n) is 20.7. The third-order valence-corrected chi connectivity index (χ3v) is 5.62. The maximum absolute atomic E-state index is 13.2. The van der Waals surface area contributed by atoms with Gasteiger partial charge in [0.05, 0.1) is 25.0 Å². The van der Waals surface area contributed by atoms with Crippen LogP contribution in [0.25, 0.3) is 16.8 Å². The van der Waals surface area contributed by atoms with Crippen LogP contribution in [-0.4, -0.2) is 46.7 Å². The van der Waals surface area contributed by atoms with Crippen LogP contribution in [0.15, 0.2) is 54.6 Å². The molecule has 0 aliphatic heterocycles. The van der Waals surface area contributed by atoms with Gasteiger partial charge in [-0.1, -0.05) is 57.5 Å². The largest absolute Gasteiger partial charge is 0.497 e. The quantitative estimate of drug-likeness (QED) is 0.456. The molecule has 0 saturated carbocycles. The summed E-state index contributed by atoms with van der Waals surface area (Å²) in [4.78, 5) is 27.6. The number of aromatic nitrogens is 2. The van der Waals surface area contributed by atoms with Crippen molar-refractivity contribution in [1.29, 1.82) is 0 Å². The third-order valence-electron chi connectivity index (χ3n) is 5.62. The molecule has 0 atom stereocenters. The number of amides is 2. The Kier molecular flexibility index (Phi) is 8.46. The first kappa shape index (κ1) is 25.0. The number of carbonyl (C=O) groups excluding carboxylic acids is 2. The van der Waals surface area contributed by atoms with Gasteiger partial charge < -0.3 is 15.0 Å². The molecule has 0 unspecified atom stereocenters. The van der Waals surface area contributed by atoms with Gasteiger partial charge in [0, 0.05) is 18.0 Å². The molecule has 1 N–H and O–H groups in total. The van der Waals surface area contributed by atoms with Gasteiger partial charge in [-0.3, -0.25) is 9.59 Å². The van der Waals surface area contributed by atoms with Crippen molar-refractivity contribution in [3.05, 3.63) is 60.3 Å². The molecule has 0 saturated heterocycles. The van der Waals surface area contributed by atoms with Crippen molar-refractivity contribution >= 4 is 17.6 Å². The van der Waals surface area contributed by atoms with Crippen LogP contribution in [-0.2, 0) is 9.59 Å². The van der Waals surface area contributed by atoms with E-state index in [4.69, 9.17) is 9.84 Å². The van der Waals surface area contributed by atoms with Gasteiger partial charge in [-0.05, 0) is 43.2 Å². The van der Waals surface area contributed by atoms with E-state index in [1.54, 1.807) is 16.7 Å². The van der Waals surface area contributed by atoms with Crippen LogP contribution in [0, 0.1) is 12.8 Å². The Labute approximate surface area is 201 Å². The van der Waals surface area contributed by atoms with E-state index in [0.29, 0.717) is 12.4 Å². The van der Waals surface area contributed by atoms with E-state index in [0.717, 1.165) is 41.1 Å². The molecule has 0 aliphatic carbocycles. The first-order valence-corrected chi connectivity index (χ1v) is 11.7. The van der Waals surface area contributed by atoms with Gasteiger partial charge in [0.25, 0.3) is 0 Å². The lowest BCUT2D eigenvalue weighted by atomic mass is 10.1. The van der Waals surface area contributed by atoms with Crippen molar-refractivity contribution in [2.45, 2.75) is 40.5 Å². The Bertz CT molecular complexity index is 1100. The molecule has 0 bridgehead atoms. The number of ether oxygens (including phenoxy) is 1. The standard InChI is InChI=1S/C27H34N4O3/c1-6-7-17-30(27(33)19(2)3)18-24(32)28-26-25(21-11-9-8-10-12-21)20(4)29-31(26)22-13-15-23(34-5)16-14-22/h8-16,19H,6-7,17-18H2,1-5H3,(H,28,32). The number of nitrogens with zero attached hydrogens (tertiary/aromatic N) is 3. The Balaban J connectivity index is 1.98. The van der Waals surface area contributed by atoms with Gasteiger partial charge in [-0.25, -0.2) is 4.68 Å². The fourth-order valence-electron chi connectivity index (χ4n) is 3.83. The van der Waals surface area contributed by atoms with Crippen LogP contribution >= 0.6 is 0 Å². The summed E-state index contributed by atoms with van der Waals surface area (Å²) in [5.41, 5.74) is 3.39. The first-order chi connectivity index (χ1) is 16.3. The van der Waals surface area contributed by atoms with Gasteiger partial charge in [0.15, 0.2) is 0 Å². The van der Waals surface area contributed by atoms with Crippen molar-refractivity contribution in [3.63, 3.8) is 0 Å². The van der Waals surface area contributed by atoms with E-state index in [1.165, 1.54) is 0 Å². The molecule has 2 aromatic carbocycles. The summed E-state index contributed by atoms with van der Waals surface area (Å²) in [6.07, 6.45) is 1.80. The minimum atomic E-state index is -0.253.